The number of likely N-dealkylation sites (tertiary alicyclic amines) is 2. The Balaban J connectivity index is 1.86. The number of fused-ring (bicyclic) bond motifs is 1. The third-order valence-electron chi connectivity index (χ3n) is 4.79. The summed E-state index contributed by atoms with van der Waals surface area (Å²) < 4.78 is 10.0. The van der Waals surface area contributed by atoms with Gasteiger partial charge < -0.3 is 24.4 Å². The van der Waals surface area contributed by atoms with Crippen LogP contribution in [0.5, 0.6) is 11.9 Å². The summed E-state index contributed by atoms with van der Waals surface area (Å²) in [6.07, 6.45) is 0. The number of aliphatic carboxylic acids is 1. The van der Waals surface area contributed by atoms with Crippen LogP contribution in [0, 0.1) is 11.3 Å². The lowest BCUT2D eigenvalue weighted by atomic mass is 9.81. The minimum Gasteiger partial charge on any atom is -0.481 e. The molecule has 0 bridgehead atoms. The Bertz CT molecular complexity index is 660. The number of nitrogens with zero attached hydrogens (tertiary/aromatic N) is 4. The molecule has 2 atom stereocenters. The highest BCUT2D eigenvalue weighted by atomic mass is 16.5. The highest BCUT2D eigenvalue weighted by Gasteiger charge is 2.57. The number of amides is 1. The summed E-state index contributed by atoms with van der Waals surface area (Å²) in [5.41, 5.74) is -0.779. The van der Waals surface area contributed by atoms with Crippen molar-refractivity contribution in [2.45, 2.75) is 0 Å². The molecule has 0 aliphatic carbocycles. The Morgan fingerprint density at radius 1 is 1.25 bits per heavy atom. The molecule has 2 aliphatic rings. The first-order valence-corrected chi connectivity index (χ1v) is 7.58. The summed E-state index contributed by atoms with van der Waals surface area (Å²) in [7, 11) is 4.74. The van der Waals surface area contributed by atoms with E-state index in [-0.39, 0.29) is 36.0 Å². The van der Waals surface area contributed by atoms with Crippen LogP contribution >= 0.6 is 0 Å². The molecule has 2 saturated heterocycles. The second kappa shape index (κ2) is 5.90. The van der Waals surface area contributed by atoms with Gasteiger partial charge in [0.05, 0.1) is 14.2 Å². The fraction of sp³-hybridized carbons (Fsp3) is 0.600. The largest absolute Gasteiger partial charge is 0.481 e. The van der Waals surface area contributed by atoms with Crippen molar-refractivity contribution in [3.05, 3.63) is 11.8 Å². The summed E-state index contributed by atoms with van der Waals surface area (Å²) in [6.45, 7) is 1.66. The zero-order valence-corrected chi connectivity index (χ0v) is 13.9. The highest BCUT2D eigenvalue weighted by molar-refractivity contribution is 5.93. The second-order valence-corrected chi connectivity index (χ2v) is 6.32. The van der Waals surface area contributed by atoms with E-state index in [9.17, 15) is 14.7 Å². The fourth-order valence-electron chi connectivity index (χ4n) is 3.64. The Kier molecular flexibility index (Phi) is 4.04. The number of aromatic nitrogens is 2. The van der Waals surface area contributed by atoms with Crippen molar-refractivity contribution in [2.75, 3.05) is 47.4 Å². The van der Waals surface area contributed by atoms with E-state index in [2.05, 4.69) is 9.97 Å². The fourth-order valence-corrected chi connectivity index (χ4v) is 3.64. The summed E-state index contributed by atoms with van der Waals surface area (Å²) in [5, 5.41) is 9.70. The molecule has 0 saturated carbocycles. The Morgan fingerprint density at radius 2 is 2.00 bits per heavy atom. The van der Waals surface area contributed by atoms with Gasteiger partial charge in [-0.2, -0.15) is 9.97 Å². The van der Waals surface area contributed by atoms with Crippen molar-refractivity contribution in [3.63, 3.8) is 0 Å². The maximum Gasteiger partial charge on any atom is 0.320 e. The Hall–Kier alpha value is -2.42. The predicted octanol–water partition coefficient (Wildman–Crippen LogP) is -0.418. The molecule has 0 aromatic carbocycles. The number of carbonyl (C=O) groups is 2. The van der Waals surface area contributed by atoms with Crippen molar-refractivity contribution in [1.82, 2.24) is 19.8 Å². The smallest absolute Gasteiger partial charge is 0.320 e. The molecule has 1 amide bonds. The minimum atomic E-state index is -0.911. The van der Waals surface area contributed by atoms with E-state index in [1.165, 1.54) is 20.3 Å². The van der Waals surface area contributed by atoms with Gasteiger partial charge in [0.15, 0.2) is 0 Å². The average molecular weight is 336 g/mol. The van der Waals surface area contributed by atoms with E-state index >= 15 is 0 Å². The first-order chi connectivity index (χ1) is 11.4. The standard InChI is InChI=1S/C15H20N4O5/c1-18-5-9-6-19(8-15(9,7-18)13(21)22)12(20)10-4-11(23-2)17-14(16-10)24-3/h4,9H,5-8H2,1-3H3,(H,21,22)/t9-,15-/m0/s1. The molecular formula is C15H20N4O5. The molecule has 0 radical (unpaired) electrons. The third-order valence-corrected chi connectivity index (χ3v) is 4.79. The van der Waals surface area contributed by atoms with Gasteiger partial charge in [-0.15, -0.1) is 0 Å². The van der Waals surface area contributed by atoms with Crippen LogP contribution in [-0.4, -0.2) is 84.2 Å². The van der Waals surface area contributed by atoms with Crippen LogP contribution < -0.4 is 9.47 Å². The van der Waals surface area contributed by atoms with Gasteiger partial charge in [0.25, 0.3) is 5.91 Å². The maximum absolute atomic E-state index is 12.8. The van der Waals surface area contributed by atoms with E-state index in [1.807, 2.05) is 11.9 Å². The number of methoxy groups -OCH3 is 2. The summed E-state index contributed by atoms with van der Waals surface area (Å²) in [4.78, 5) is 36.2. The molecule has 3 heterocycles. The van der Waals surface area contributed by atoms with E-state index in [1.54, 1.807) is 4.90 Å². The molecule has 2 fully saturated rings. The average Bonchev–Trinajstić information content (AvgIpc) is 3.07. The monoisotopic (exact) mass is 336 g/mol. The van der Waals surface area contributed by atoms with Crippen molar-refractivity contribution in [2.24, 2.45) is 11.3 Å². The lowest BCUT2D eigenvalue weighted by Crippen LogP contribution is -2.41. The zero-order chi connectivity index (χ0) is 17.5. The van der Waals surface area contributed by atoms with Crippen LogP contribution in [0.1, 0.15) is 10.5 Å². The molecule has 0 unspecified atom stereocenters. The highest BCUT2D eigenvalue weighted by Crippen LogP contribution is 2.42. The molecule has 2 aliphatic heterocycles. The lowest BCUT2D eigenvalue weighted by Gasteiger charge is -2.24. The molecular weight excluding hydrogens is 316 g/mol. The quantitative estimate of drug-likeness (QED) is 0.790. The maximum atomic E-state index is 12.8. The SMILES string of the molecule is COc1cc(C(=O)N2C[C@@H]3CN(C)C[C@]3(C(=O)O)C2)nc(OC)n1. The van der Waals surface area contributed by atoms with Gasteiger partial charge in [-0.25, -0.2) is 0 Å². The number of ether oxygens (including phenoxy) is 2. The van der Waals surface area contributed by atoms with Gasteiger partial charge in [-0.1, -0.05) is 0 Å². The first-order valence-electron chi connectivity index (χ1n) is 7.58. The first kappa shape index (κ1) is 16.4. The van der Waals surface area contributed by atoms with Crippen molar-refractivity contribution in [3.8, 4) is 11.9 Å². The number of carboxylic acid groups (broad SMARTS) is 1. The van der Waals surface area contributed by atoms with Crippen molar-refractivity contribution >= 4 is 11.9 Å². The topological polar surface area (TPSA) is 105 Å². The zero-order valence-electron chi connectivity index (χ0n) is 13.9. The number of carbonyl (C=O) groups excluding carboxylic acids is 1. The molecule has 9 heteroatoms. The van der Waals surface area contributed by atoms with Gasteiger partial charge in [0, 0.05) is 38.2 Å². The van der Waals surface area contributed by atoms with Crippen LogP contribution in [0.3, 0.4) is 0 Å². The number of hydrogen-bond acceptors (Lipinski definition) is 7. The van der Waals surface area contributed by atoms with Crippen molar-refractivity contribution in [1.29, 1.82) is 0 Å². The number of carboxylic acids is 1. The van der Waals surface area contributed by atoms with E-state index < -0.39 is 11.4 Å². The van der Waals surface area contributed by atoms with Crippen molar-refractivity contribution < 1.29 is 24.2 Å². The van der Waals surface area contributed by atoms with Crippen LogP contribution in [0.25, 0.3) is 0 Å². The van der Waals surface area contributed by atoms with E-state index in [4.69, 9.17) is 9.47 Å². The van der Waals surface area contributed by atoms with E-state index in [0.717, 1.165) is 0 Å². The minimum absolute atomic E-state index is 0.0322. The van der Waals surface area contributed by atoms with Crippen LogP contribution in [0.2, 0.25) is 0 Å². The third kappa shape index (κ3) is 2.54. The Morgan fingerprint density at radius 3 is 2.58 bits per heavy atom. The molecule has 3 rings (SSSR count). The molecule has 130 valence electrons. The summed E-state index contributed by atoms with van der Waals surface area (Å²) >= 11 is 0. The van der Waals surface area contributed by atoms with Gasteiger partial charge in [-0.3, -0.25) is 9.59 Å². The second-order valence-electron chi connectivity index (χ2n) is 6.32. The van der Waals surface area contributed by atoms with Gasteiger partial charge in [0.1, 0.15) is 11.1 Å². The molecule has 1 aromatic rings. The van der Waals surface area contributed by atoms with Crippen LogP contribution in [0.4, 0.5) is 0 Å². The molecule has 1 aromatic heterocycles. The van der Waals surface area contributed by atoms with Crippen LogP contribution in [-0.2, 0) is 4.79 Å². The summed E-state index contributed by atoms with van der Waals surface area (Å²) in [6, 6.07) is 1.46. The predicted molar refractivity (Wildman–Crippen MR) is 82.1 cm³/mol. The Labute approximate surface area is 139 Å². The molecule has 9 nitrogen and oxygen atoms in total. The van der Waals surface area contributed by atoms with E-state index in [0.29, 0.717) is 19.6 Å². The molecule has 1 N–H and O–H groups in total. The molecule has 24 heavy (non-hydrogen) atoms. The van der Waals surface area contributed by atoms with Crippen LogP contribution in [0.15, 0.2) is 6.07 Å². The number of rotatable bonds is 4. The summed E-state index contributed by atoms with van der Waals surface area (Å²) in [5.74, 6) is -1.07. The van der Waals surface area contributed by atoms with Gasteiger partial charge >= 0.3 is 12.0 Å². The normalized spacial score (nSPS) is 26.3. The van der Waals surface area contributed by atoms with Gasteiger partial charge in [0.2, 0.25) is 5.88 Å². The molecule has 0 spiro atoms. The number of hydrogen-bond donors (Lipinski definition) is 1. The van der Waals surface area contributed by atoms with Gasteiger partial charge in [-0.05, 0) is 7.05 Å². The lowest BCUT2D eigenvalue weighted by molar-refractivity contribution is -0.148.